The van der Waals surface area contributed by atoms with Crippen molar-refractivity contribution in [1.29, 1.82) is 0 Å². The highest BCUT2D eigenvalue weighted by Gasteiger charge is 2.55. The van der Waals surface area contributed by atoms with E-state index in [-0.39, 0.29) is 0 Å². The highest BCUT2D eigenvalue weighted by Crippen LogP contribution is 2.41. The third kappa shape index (κ3) is 1.61. The third-order valence-corrected chi connectivity index (χ3v) is 3.96. The highest BCUT2D eigenvalue weighted by molar-refractivity contribution is 6.09. The molecule has 1 aliphatic carbocycles. The van der Waals surface area contributed by atoms with Gasteiger partial charge in [0.25, 0.3) is 5.91 Å². The van der Waals surface area contributed by atoms with Crippen LogP contribution in [0.25, 0.3) is 0 Å². The molecule has 20 heavy (non-hydrogen) atoms. The van der Waals surface area contributed by atoms with Crippen LogP contribution in [-0.4, -0.2) is 34.5 Å². The summed E-state index contributed by atoms with van der Waals surface area (Å²) in [5.41, 5.74) is 1.75. The Hall–Kier alpha value is -2.37. The monoisotopic (exact) mass is 274 g/mol. The fraction of sp³-hybridized carbons (Fsp3) is 0.357. The Morgan fingerprint density at radius 1 is 1.45 bits per heavy atom. The van der Waals surface area contributed by atoms with Crippen molar-refractivity contribution in [3.8, 4) is 0 Å². The number of carboxylic acid groups (broad SMARTS) is 1. The van der Waals surface area contributed by atoms with Crippen molar-refractivity contribution in [2.75, 3.05) is 6.54 Å². The van der Waals surface area contributed by atoms with E-state index < -0.39 is 30.0 Å². The van der Waals surface area contributed by atoms with Gasteiger partial charge in [0, 0.05) is 0 Å². The molecule has 1 aromatic rings. The molecule has 104 valence electrons. The van der Waals surface area contributed by atoms with Crippen LogP contribution >= 0.6 is 0 Å². The number of fused-ring (bicyclic) bond motifs is 2. The lowest BCUT2D eigenvalue weighted by atomic mass is 9.91. The van der Waals surface area contributed by atoms with Crippen molar-refractivity contribution in [3.05, 3.63) is 34.9 Å². The molecule has 2 aliphatic rings. The average molecular weight is 274 g/mol. The number of carboxylic acids is 1. The molecule has 1 heterocycles. The molecule has 1 aliphatic heterocycles. The van der Waals surface area contributed by atoms with Gasteiger partial charge in [0.2, 0.25) is 0 Å². The van der Waals surface area contributed by atoms with Crippen molar-refractivity contribution in [2.45, 2.75) is 25.3 Å². The van der Waals surface area contributed by atoms with E-state index in [1.807, 2.05) is 25.1 Å². The van der Waals surface area contributed by atoms with Crippen molar-refractivity contribution < 1.29 is 19.5 Å². The second-order valence-corrected chi connectivity index (χ2v) is 5.28. The minimum Gasteiger partial charge on any atom is -0.480 e. The molecule has 1 fully saturated rings. The number of carbonyl (C=O) groups excluding carboxylic acids is 2. The summed E-state index contributed by atoms with van der Waals surface area (Å²) in [4.78, 5) is 36.0. The molecule has 0 saturated carbocycles. The normalized spacial score (nSPS) is 24.1. The second kappa shape index (κ2) is 4.06. The van der Waals surface area contributed by atoms with Crippen LogP contribution in [0.15, 0.2) is 18.2 Å². The van der Waals surface area contributed by atoms with Gasteiger partial charge in [-0.3, -0.25) is 14.5 Å². The number of carbonyl (C=O) groups is 3. The molecular formula is C14H14N2O4. The van der Waals surface area contributed by atoms with E-state index in [9.17, 15) is 14.4 Å². The van der Waals surface area contributed by atoms with Crippen molar-refractivity contribution in [1.82, 2.24) is 10.2 Å². The number of aryl methyl sites for hydroxylation is 2. The Kier molecular flexibility index (Phi) is 2.57. The first-order valence-corrected chi connectivity index (χ1v) is 6.40. The first-order chi connectivity index (χ1) is 9.44. The summed E-state index contributed by atoms with van der Waals surface area (Å²) < 4.78 is 0. The third-order valence-electron chi connectivity index (χ3n) is 3.96. The quantitative estimate of drug-likeness (QED) is 0.780. The maximum absolute atomic E-state index is 12.5. The molecule has 0 radical (unpaired) electrons. The molecular weight excluding hydrogens is 260 g/mol. The molecule has 0 bridgehead atoms. The fourth-order valence-corrected chi connectivity index (χ4v) is 3.02. The van der Waals surface area contributed by atoms with Crippen LogP contribution in [0.2, 0.25) is 0 Å². The first kappa shape index (κ1) is 12.7. The summed E-state index contributed by atoms with van der Waals surface area (Å²) in [5, 5.41) is 11.5. The maximum atomic E-state index is 12.5. The SMILES string of the molecule is Cc1ccc2c(c1)C1(CC2)NC(=O)N(CC(=O)O)C1=O. The van der Waals surface area contributed by atoms with Gasteiger partial charge in [-0.15, -0.1) is 0 Å². The van der Waals surface area contributed by atoms with Crippen LogP contribution in [0.1, 0.15) is 23.1 Å². The Morgan fingerprint density at radius 2 is 2.20 bits per heavy atom. The number of nitrogens with one attached hydrogen (secondary N) is 1. The minimum absolute atomic E-state index is 0.464. The van der Waals surface area contributed by atoms with Gasteiger partial charge in [-0.1, -0.05) is 23.8 Å². The fourth-order valence-electron chi connectivity index (χ4n) is 3.02. The Balaban J connectivity index is 2.05. The summed E-state index contributed by atoms with van der Waals surface area (Å²) in [6, 6.07) is 5.18. The molecule has 3 amide bonds. The predicted molar refractivity (Wildman–Crippen MR) is 69.1 cm³/mol. The molecule has 6 heteroatoms. The van der Waals surface area contributed by atoms with E-state index >= 15 is 0 Å². The minimum atomic E-state index is -1.20. The van der Waals surface area contributed by atoms with Crippen molar-refractivity contribution >= 4 is 17.9 Å². The average Bonchev–Trinajstić information content (AvgIpc) is 2.84. The molecule has 6 nitrogen and oxygen atoms in total. The summed E-state index contributed by atoms with van der Waals surface area (Å²) in [7, 11) is 0. The number of hydrogen-bond acceptors (Lipinski definition) is 3. The zero-order valence-corrected chi connectivity index (χ0v) is 11.0. The topological polar surface area (TPSA) is 86.7 Å². The Morgan fingerprint density at radius 3 is 2.90 bits per heavy atom. The zero-order valence-electron chi connectivity index (χ0n) is 11.0. The lowest BCUT2D eigenvalue weighted by Crippen LogP contribution is -2.42. The van der Waals surface area contributed by atoms with E-state index in [4.69, 9.17) is 5.11 Å². The molecule has 1 spiro atoms. The van der Waals surface area contributed by atoms with Gasteiger partial charge in [-0.2, -0.15) is 0 Å². The molecule has 0 aromatic heterocycles. The van der Waals surface area contributed by atoms with E-state index in [1.54, 1.807) is 0 Å². The van der Waals surface area contributed by atoms with Gasteiger partial charge >= 0.3 is 12.0 Å². The Labute approximate surface area is 115 Å². The van der Waals surface area contributed by atoms with E-state index in [0.29, 0.717) is 12.8 Å². The molecule has 1 saturated heterocycles. The van der Waals surface area contributed by atoms with Crippen LogP contribution < -0.4 is 5.32 Å². The van der Waals surface area contributed by atoms with Crippen LogP contribution in [0.4, 0.5) is 4.79 Å². The predicted octanol–water partition coefficient (Wildman–Crippen LogP) is 0.773. The molecule has 3 rings (SSSR count). The van der Waals surface area contributed by atoms with Crippen LogP contribution in [0.3, 0.4) is 0 Å². The number of nitrogens with zero attached hydrogens (tertiary/aromatic N) is 1. The number of aliphatic carboxylic acids is 1. The number of rotatable bonds is 2. The van der Waals surface area contributed by atoms with Gasteiger partial charge in [0.1, 0.15) is 12.1 Å². The summed E-state index contributed by atoms with van der Waals surface area (Å²) in [5.74, 6) is -1.66. The lowest BCUT2D eigenvalue weighted by Gasteiger charge is -2.22. The van der Waals surface area contributed by atoms with Gasteiger partial charge in [-0.25, -0.2) is 4.79 Å². The zero-order chi connectivity index (χ0) is 14.5. The van der Waals surface area contributed by atoms with Gasteiger partial charge < -0.3 is 10.4 Å². The highest BCUT2D eigenvalue weighted by atomic mass is 16.4. The second-order valence-electron chi connectivity index (χ2n) is 5.28. The smallest absolute Gasteiger partial charge is 0.325 e. The summed E-state index contributed by atoms with van der Waals surface area (Å²) in [6.07, 6.45) is 1.18. The van der Waals surface area contributed by atoms with Crippen LogP contribution in [0, 0.1) is 6.92 Å². The maximum Gasteiger partial charge on any atom is 0.325 e. The van der Waals surface area contributed by atoms with E-state index in [2.05, 4.69) is 5.32 Å². The van der Waals surface area contributed by atoms with Crippen molar-refractivity contribution in [3.63, 3.8) is 0 Å². The molecule has 2 N–H and O–H groups in total. The number of urea groups is 1. The number of hydrogen-bond donors (Lipinski definition) is 2. The van der Waals surface area contributed by atoms with E-state index in [1.165, 1.54) is 0 Å². The first-order valence-electron chi connectivity index (χ1n) is 6.40. The molecule has 1 atom stereocenters. The van der Waals surface area contributed by atoms with Gasteiger partial charge in [0.05, 0.1) is 0 Å². The van der Waals surface area contributed by atoms with Crippen LogP contribution in [0.5, 0.6) is 0 Å². The molecule has 1 unspecified atom stereocenters. The number of benzene rings is 1. The summed E-state index contributed by atoms with van der Waals surface area (Å²) >= 11 is 0. The largest absolute Gasteiger partial charge is 0.480 e. The molecule has 1 aromatic carbocycles. The summed E-state index contributed by atoms with van der Waals surface area (Å²) in [6.45, 7) is 1.32. The standard InChI is InChI=1S/C14H14N2O4/c1-8-2-3-9-4-5-14(10(9)6-8)12(19)16(7-11(17)18)13(20)15-14/h2-3,6H,4-5,7H2,1H3,(H,15,20)(H,17,18). The van der Waals surface area contributed by atoms with Gasteiger partial charge in [0.15, 0.2) is 0 Å². The van der Waals surface area contributed by atoms with E-state index in [0.717, 1.165) is 21.6 Å². The Bertz CT molecular complexity index is 640. The number of amides is 3. The number of imide groups is 1. The lowest BCUT2D eigenvalue weighted by molar-refractivity contribution is -0.142. The van der Waals surface area contributed by atoms with Crippen LogP contribution in [-0.2, 0) is 21.5 Å². The van der Waals surface area contributed by atoms with Crippen molar-refractivity contribution in [2.24, 2.45) is 0 Å². The van der Waals surface area contributed by atoms with Gasteiger partial charge in [-0.05, 0) is 30.9 Å².